The highest BCUT2D eigenvalue weighted by Gasteiger charge is 2.00. The molecule has 0 saturated heterocycles. The molecule has 2 rings (SSSR count). The van der Waals surface area contributed by atoms with E-state index in [-0.39, 0.29) is 0 Å². The number of hydrogen-bond acceptors (Lipinski definition) is 2. The van der Waals surface area contributed by atoms with Gasteiger partial charge in [-0.25, -0.2) is 0 Å². The van der Waals surface area contributed by atoms with Crippen molar-refractivity contribution in [1.29, 1.82) is 0 Å². The molecule has 0 fully saturated rings. The number of nitrogens with zero attached hydrogens (tertiary/aromatic N) is 2. The van der Waals surface area contributed by atoms with Crippen molar-refractivity contribution in [3.63, 3.8) is 0 Å². The van der Waals surface area contributed by atoms with E-state index >= 15 is 0 Å². The van der Waals surface area contributed by atoms with E-state index in [0.717, 1.165) is 11.3 Å². The smallest absolute Gasteiger partial charge is 0.101 e. The zero-order valence-electron chi connectivity index (χ0n) is 6.97. The molecule has 0 aliphatic heterocycles. The molecule has 0 spiro atoms. The van der Waals surface area contributed by atoms with Crippen LogP contribution in [0.5, 0.6) is 0 Å². The van der Waals surface area contributed by atoms with E-state index in [1.165, 1.54) is 0 Å². The minimum absolute atomic E-state index is 0.532. The van der Waals surface area contributed by atoms with Crippen LogP contribution in [-0.2, 0) is 6.54 Å². The van der Waals surface area contributed by atoms with Gasteiger partial charge in [0, 0.05) is 17.1 Å². The molecule has 13 heavy (non-hydrogen) atoms. The number of hydrogen-bond donors (Lipinski definition) is 0. The topological polar surface area (TPSA) is 17.8 Å². The predicted octanol–water partition coefficient (Wildman–Crippen LogP) is 2.24. The largest absolute Gasteiger partial charge is 0.260 e. The van der Waals surface area contributed by atoms with Gasteiger partial charge in [0.2, 0.25) is 0 Å². The zero-order valence-corrected chi connectivity index (χ0v) is 7.79. The summed E-state index contributed by atoms with van der Waals surface area (Å²) in [6.45, 7) is 0.532. The van der Waals surface area contributed by atoms with E-state index in [0.29, 0.717) is 6.54 Å². The number of terminal acetylenes is 1. The van der Waals surface area contributed by atoms with E-state index < -0.39 is 0 Å². The Morgan fingerprint density at radius 1 is 1.54 bits per heavy atom. The standard InChI is InChI=1S/C10H8N2S/c1-2-5-12-6-3-10(11-12)9-4-7-13-8-9/h1,3-4,6-8H,5H2. The quantitative estimate of drug-likeness (QED) is 0.661. The summed E-state index contributed by atoms with van der Waals surface area (Å²) in [5, 5.41) is 8.43. The first-order valence-electron chi connectivity index (χ1n) is 3.89. The first-order chi connectivity index (χ1) is 6.40. The summed E-state index contributed by atoms with van der Waals surface area (Å²) in [5.41, 5.74) is 2.14. The van der Waals surface area contributed by atoms with Gasteiger partial charge in [0.1, 0.15) is 6.54 Å². The number of rotatable bonds is 2. The molecule has 3 heteroatoms. The fraction of sp³-hybridized carbons (Fsp3) is 0.100. The van der Waals surface area contributed by atoms with Crippen LogP contribution in [0.1, 0.15) is 0 Å². The van der Waals surface area contributed by atoms with Gasteiger partial charge in [-0.3, -0.25) is 4.68 Å². The van der Waals surface area contributed by atoms with Gasteiger partial charge in [-0.1, -0.05) is 5.92 Å². The van der Waals surface area contributed by atoms with Crippen LogP contribution >= 0.6 is 11.3 Å². The maximum atomic E-state index is 5.18. The fourth-order valence-electron chi connectivity index (χ4n) is 1.11. The average Bonchev–Trinajstić information content (AvgIpc) is 2.70. The van der Waals surface area contributed by atoms with Crippen LogP contribution in [0, 0.1) is 12.3 Å². The fourth-order valence-corrected chi connectivity index (χ4v) is 1.76. The highest BCUT2D eigenvalue weighted by atomic mass is 32.1. The van der Waals surface area contributed by atoms with E-state index in [9.17, 15) is 0 Å². The molecule has 64 valence electrons. The molecular weight excluding hydrogens is 180 g/mol. The highest BCUT2D eigenvalue weighted by molar-refractivity contribution is 7.08. The molecule has 0 bridgehead atoms. The molecule has 0 N–H and O–H groups in total. The minimum Gasteiger partial charge on any atom is -0.260 e. The third kappa shape index (κ3) is 1.63. The van der Waals surface area contributed by atoms with E-state index in [1.54, 1.807) is 16.0 Å². The lowest BCUT2D eigenvalue weighted by atomic mass is 10.2. The van der Waals surface area contributed by atoms with Gasteiger partial charge in [-0.2, -0.15) is 16.4 Å². The Kier molecular flexibility index (Phi) is 2.15. The van der Waals surface area contributed by atoms with Crippen LogP contribution in [0.4, 0.5) is 0 Å². The lowest BCUT2D eigenvalue weighted by molar-refractivity contribution is 0.718. The van der Waals surface area contributed by atoms with Crippen LogP contribution < -0.4 is 0 Å². The minimum atomic E-state index is 0.532. The summed E-state index contributed by atoms with van der Waals surface area (Å²) in [7, 11) is 0. The van der Waals surface area contributed by atoms with Gasteiger partial charge in [-0.15, -0.1) is 6.42 Å². The average molecular weight is 188 g/mol. The van der Waals surface area contributed by atoms with E-state index in [1.807, 2.05) is 23.7 Å². The first-order valence-corrected chi connectivity index (χ1v) is 4.84. The Hall–Kier alpha value is -1.53. The van der Waals surface area contributed by atoms with Crippen molar-refractivity contribution in [2.24, 2.45) is 0 Å². The van der Waals surface area contributed by atoms with Crippen LogP contribution in [0.3, 0.4) is 0 Å². The van der Waals surface area contributed by atoms with Gasteiger partial charge in [0.05, 0.1) is 5.69 Å². The maximum absolute atomic E-state index is 5.18. The second-order valence-electron chi connectivity index (χ2n) is 2.61. The van der Waals surface area contributed by atoms with Crippen molar-refractivity contribution >= 4 is 11.3 Å². The molecule has 2 aromatic heterocycles. The van der Waals surface area contributed by atoms with Gasteiger partial charge < -0.3 is 0 Å². The van der Waals surface area contributed by atoms with Crippen LogP contribution in [-0.4, -0.2) is 9.78 Å². The third-order valence-electron chi connectivity index (χ3n) is 1.71. The SMILES string of the molecule is C#CCn1ccc(-c2ccsc2)n1. The lowest BCUT2D eigenvalue weighted by Crippen LogP contribution is -1.95. The summed E-state index contributed by atoms with van der Waals surface area (Å²) in [6, 6.07) is 4.02. The van der Waals surface area contributed by atoms with Crippen molar-refractivity contribution < 1.29 is 0 Å². The van der Waals surface area contributed by atoms with Crippen LogP contribution in [0.2, 0.25) is 0 Å². The third-order valence-corrected chi connectivity index (χ3v) is 2.39. The van der Waals surface area contributed by atoms with Crippen molar-refractivity contribution in [1.82, 2.24) is 9.78 Å². The van der Waals surface area contributed by atoms with Crippen molar-refractivity contribution in [3.05, 3.63) is 29.1 Å². The monoisotopic (exact) mass is 188 g/mol. The Labute approximate surface area is 80.8 Å². The van der Waals surface area contributed by atoms with Gasteiger partial charge in [-0.05, 0) is 17.5 Å². The second kappa shape index (κ2) is 3.46. The Morgan fingerprint density at radius 3 is 3.15 bits per heavy atom. The van der Waals surface area contributed by atoms with Gasteiger partial charge in [0.25, 0.3) is 0 Å². The summed E-state index contributed by atoms with van der Waals surface area (Å²) < 4.78 is 1.76. The molecule has 0 radical (unpaired) electrons. The van der Waals surface area contributed by atoms with Crippen molar-refractivity contribution in [2.45, 2.75) is 6.54 Å². The molecular formula is C10H8N2S. The zero-order chi connectivity index (χ0) is 9.10. The summed E-state index contributed by atoms with van der Waals surface area (Å²) >= 11 is 1.67. The van der Waals surface area contributed by atoms with Crippen LogP contribution in [0.25, 0.3) is 11.3 Å². The van der Waals surface area contributed by atoms with E-state index in [2.05, 4.69) is 16.4 Å². The molecule has 0 saturated carbocycles. The highest BCUT2D eigenvalue weighted by Crippen LogP contribution is 2.19. The molecule has 2 aromatic rings. The molecule has 2 nitrogen and oxygen atoms in total. The summed E-state index contributed by atoms with van der Waals surface area (Å²) in [6.07, 6.45) is 7.08. The Balaban J connectivity index is 2.29. The molecule has 0 amide bonds. The van der Waals surface area contributed by atoms with Crippen LogP contribution in [0.15, 0.2) is 29.1 Å². The van der Waals surface area contributed by atoms with Gasteiger partial charge in [0.15, 0.2) is 0 Å². The normalized spacial score (nSPS) is 9.77. The molecule has 0 aliphatic carbocycles. The van der Waals surface area contributed by atoms with E-state index in [4.69, 9.17) is 6.42 Å². The summed E-state index contributed by atoms with van der Waals surface area (Å²) in [4.78, 5) is 0. The number of aromatic nitrogens is 2. The lowest BCUT2D eigenvalue weighted by Gasteiger charge is -1.91. The molecule has 2 heterocycles. The molecule has 0 aliphatic rings. The first kappa shape index (κ1) is 8.09. The molecule has 0 unspecified atom stereocenters. The van der Waals surface area contributed by atoms with Gasteiger partial charge >= 0.3 is 0 Å². The molecule has 0 atom stereocenters. The number of thiophene rings is 1. The van der Waals surface area contributed by atoms with Crippen molar-refractivity contribution in [2.75, 3.05) is 0 Å². The molecule has 0 aromatic carbocycles. The maximum Gasteiger partial charge on any atom is 0.101 e. The van der Waals surface area contributed by atoms with Crippen molar-refractivity contribution in [3.8, 4) is 23.6 Å². The Bertz CT molecular complexity index is 420. The predicted molar refractivity (Wildman–Crippen MR) is 54.4 cm³/mol. The second-order valence-corrected chi connectivity index (χ2v) is 3.39. The Morgan fingerprint density at radius 2 is 2.46 bits per heavy atom. The summed E-state index contributed by atoms with van der Waals surface area (Å²) in [5.74, 6) is 2.55.